The van der Waals surface area contributed by atoms with Crippen LogP contribution in [0.3, 0.4) is 0 Å². The van der Waals surface area contributed by atoms with E-state index < -0.39 is 0 Å². The van der Waals surface area contributed by atoms with Gasteiger partial charge < -0.3 is 11.5 Å². The molecule has 1 rings (SSSR count). The summed E-state index contributed by atoms with van der Waals surface area (Å²) in [5.74, 6) is 0.606. The van der Waals surface area contributed by atoms with Gasteiger partial charge in [-0.25, -0.2) is 0 Å². The zero-order valence-electron chi connectivity index (χ0n) is 7.93. The maximum atomic E-state index is 11.9. The lowest BCUT2D eigenvalue weighted by Gasteiger charge is -2.00. The Bertz CT molecular complexity index is 361. The average Bonchev–Trinajstić information content (AvgIpc) is 2.27. The molecule has 0 aliphatic heterocycles. The molecule has 1 aromatic carbocycles. The first-order valence-electron chi connectivity index (χ1n) is 4.17. The molecule has 0 saturated carbocycles. The summed E-state index contributed by atoms with van der Waals surface area (Å²) >= 11 is 0.281. The van der Waals surface area contributed by atoms with Gasteiger partial charge in [-0.2, -0.15) is 3.89 Å². The second-order valence-corrected chi connectivity index (χ2v) is 3.21. The molecule has 0 heterocycles. The Kier molecular flexibility index (Phi) is 4.62. The number of amidine groups is 1. The Morgan fingerprint density at radius 2 is 2.07 bits per heavy atom. The number of nitrogens with two attached hydrogens (primary N) is 2. The molecular weight excluding hydrogens is 215 g/mol. The monoisotopic (exact) mass is 226 g/mol. The summed E-state index contributed by atoms with van der Waals surface area (Å²) < 4.78 is 11.9. The minimum atomic E-state index is 0.274. The molecule has 1 aromatic rings. The van der Waals surface area contributed by atoms with Gasteiger partial charge in [-0.3, -0.25) is 0 Å². The Balaban J connectivity index is 2.79. The van der Waals surface area contributed by atoms with Gasteiger partial charge in [-0.1, -0.05) is 24.3 Å². The number of halogens is 1. The molecule has 4 N–H and O–H groups in total. The Morgan fingerprint density at radius 1 is 1.40 bits per heavy atom. The van der Waals surface area contributed by atoms with Crippen molar-refractivity contribution < 1.29 is 3.89 Å². The molecule has 6 heteroatoms. The van der Waals surface area contributed by atoms with Crippen molar-refractivity contribution in [2.24, 2.45) is 21.7 Å². The third-order valence-corrected chi connectivity index (χ3v) is 2.15. The molecule has 0 spiro atoms. The van der Waals surface area contributed by atoms with Gasteiger partial charge in [-0.05, 0) is 5.56 Å². The summed E-state index contributed by atoms with van der Waals surface area (Å²) in [5, 5.41) is 7.11. The van der Waals surface area contributed by atoms with Gasteiger partial charge in [0.25, 0.3) is 0 Å². The van der Waals surface area contributed by atoms with Crippen molar-refractivity contribution in [3.63, 3.8) is 0 Å². The lowest BCUT2D eigenvalue weighted by molar-refractivity contribution is 0.933. The van der Waals surface area contributed by atoms with Crippen LogP contribution < -0.4 is 11.5 Å². The number of hydrogen-bond acceptors (Lipinski definition) is 3. The first-order valence-corrected chi connectivity index (χ1v) is 5.06. The second kappa shape index (κ2) is 6.02. The molecule has 0 bridgehead atoms. The van der Waals surface area contributed by atoms with Gasteiger partial charge in [0, 0.05) is 17.7 Å². The number of rotatable bonds is 4. The largest absolute Gasteiger partial charge is 0.388 e. The van der Waals surface area contributed by atoms with Crippen LogP contribution >= 0.6 is 12.1 Å². The van der Waals surface area contributed by atoms with Crippen molar-refractivity contribution in [2.75, 3.05) is 0 Å². The smallest absolute Gasteiger partial charge is 0.153 e. The summed E-state index contributed by atoms with van der Waals surface area (Å²) in [6, 6.07) is 7.10. The van der Waals surface area contributed by atoms with Crippen molar-refractivity contribution in [1.82, 2.24) is 0 Å². The molecular formula is C9H11FN4S. The fourth-order valence-corrected chi connectivity index (χ4v) is 1.31. The normalized spacial score (nSPS) is 12.2. The summed E-state index contributed by atoms with van der Waals surface area (Å²) in [7, 11) is 0. The minimum Gasteiger partial charge on any atom is -0.388 e. The third kappa shape index (κ3) is 3.59. The maximum absolute atomic E-state index is 11.9. The van der Waals surface area contributed by atoms with E-state index >= 15 is 0 Å². The fraction of sp³-hybridized carbons (Fsp3) is 0.111. The molecule has 15 heavy (non-hydrogen) atoms. The number of nitrogens with zero attached hydrogens (tertiary/aromatic N) is 2. The van der Waals surface area contributed by atoms with Gasteiger partial charge in [-0.15, -0.1) is 10.2 Å². The van der Waals surface area contributed by atoms with Crippen LogP contribution in [0.4, 0.5) is 3.89 Å². The Hall–Kier alpha value is -1.56. The molecule has 0 fully saturated rings. The molecule has 0 unspecified atom stereocenters. The zero-order valence-corrected chi connectivity index (χ0v) is 8.75. The first-order chi connectivity index (χ1) is 7.27. The van der Waals surface area contributed by atoms with Gasteiger partial charge in [0.05, 0.1) is 5.75 Å². The predicted molar refractivity (Wildman–Crippen MR) is 62.2 cm³/mol. The Labute approximate surface area is 91.6 Å². The van der Waals surface area contributed by atoms with Crippen LogP contribution in [0.1, 0.15) is 11.1 Å². The van der Waals surface area contributed by atoms with E-state index in [1.54, 1.807) is 24.3 Å². The van der Waals surface area contributed by atoms with Crippen LogP contribution in [-0.4, -0.2) is 12.2 Å². The van der Waals surface area contributed by atoms with Crippen molar-refractivity contribution in [3.05, 3.63) is 35.4 Å². The standard InChI is InChI=1S/C9H11FN4S/c10-15-5-7-1-3-8(4-2-7)9(12)14-13-6-11/h1-4,6H,5H2,(H2,11,13)(H2,12,14). The zero-order chi connectivity index (χ0) is 11.1. The number of benzene rings is 1. The van der Waals surface area contributed by atoms with E-state index in [9.17, 15) is 3.89 Å². The van der Waals surface area contributed by atoms with Crippen LogP contribution in [0, 0.1) is 0 Å². The lowest BCUT2D eigenvalue weighted by Crippen LogP contribution is -2.12. The highest BCUT2D eigenvalue weighted by atomic mass is 32.2. The van der Waals surface area contributed by atoms with Crippen LogP contribution in [-0.2, 0) is 5.75 Å². The van der Waals surface area contributed by atoms with Crippen molar-refractivity contribution in [3.8, 4) is 0 Å². The molecule has 0 aliphatic carbocycles. The highest BCUT2D eigenvalue weighted by molar-refractivity contribution is 7.93. The van der Waals surface area contributed by atoms with E-state index in [0.717, 1.165) is 17.5 Å². The van der Waals surface area contributed by atoms with Crippen molar-refractivity contribution in [1.29, 1.82) is 0 Å². The molecule has 0 saturated heterocycles. The second-order valence-electron chi connectivity index (χ2n) is 2.70. The minimum absolute atomic E-state index is 0.274. The van der Waals surface area contributed by atoms with Crippen molar-refractivity contribution in [2.45, 2.75) is 5.75 Å². The molecule has 0 amide bonds. The van der Waals surface area contributed by atoms with Crippen molar-refractivity contribution >= 4 is 24.3 Å². The SMILES string of the molecule is N/C=N\N=C(/N)c1ccc(CSF)cc1. The quantitative estimate of drug-likeness (QED) is 0.463. The van der Waals surface area contributed by atoms with Crippen LogP contribution in [0.15, 0.2) is 34.5 Å². The van der Waals surface area contributed by atoms with Gasteiger partial charge in [0.15, 0.2) is 5.84 Å². The van der Waals surface area contributed by atoms with E-state index in [-0.39, 0.29) is 18.0 Å². The molecule has 0 aliphatic rings. The van der Waals surface area contributed by atoms with E-state index in [1.165, 1.54) is 0 Å². The average molecular weight is 226 g/mol. The maximum Gasteiger partial charge on any atom is 0.153 e. The fourth-order valence-electron chi connectivity index (χ4n) is 0.988. The third-order valence-electron chi connectivity index (χ3n) is 1.70. The molecule has 0 radical (unpaired) electrons. The molecule has 0 atom stereocenters. The highest BCUT2D eigenvalue weighted by Gasteiger charge is 1.98. The molecule has 4 nitrogen and oxygen atoms in total. The van der Waals surface area contributed by atoms with E-state index in [0.29, 0.717) is 5.75 Å². The van der Waals surface area contributed by atoms with Gasteiger partial charge in [0.2, 0.25) is 0 Å². The lowest BCUT2D eigenvalue weighted by atomic mass is 10.1. The molecule has 80 valence electrons. The van der Waals surface area contributed by atoms with Gasteiger partial charge in [0.1, 0.15) is 6.34 Å². The summed E-state index contributed by atoms with van der Waals surface area (Å²) in [4.78, 5) is 0. The van der Waals surface area contributed by atoms with Crippen LogP contribution in [0.2, 0.25) is 0 Å². The van der Waals surface area contributed by atoms with E-state index in [1.807, 2.05) is 0 Å². The predicted octanol–water partition coefficient (Wildman–Crippen LogP) is 1.41. The Morgan fingerprint density at radius 3 is 2.60 bits per heavy atom. The topological polar surface area (TPSA) is 76.8 Å². The highest BCUT2D eigenvalue weighted by Crippen LogP contribution is 2.13. The summed E-state index contributed by atoms with van der Waals surface area (Å²) in [6.07, 6.45) is 1.06. The van der Waals surface area contributed by atoms with E-state index in [4.69, 9.17) is 11.5 Å². The van der Waals surface area contributed by atoms with E-state index in [2.05, 4.69) is 10.2 Å². The summed E-state index contributed by atoms with van der Waals surface area (Å²) in [6.45, 7) is 0. The van der Waals surface area contributed by atoms with Crippen LogP contribution in [0.25, 0.3) is 0 Å². The summed E-state index contributed by atoms with van der Waals surface area (Å²) in [5.41, 5.74) is 12.2. The van der Waals surface area contributed by atoms with Crippen LogP contribution in [0.5, 0.6) is 0 Å². The molecule has 0 aromatic heterocycles. The van der Waals surface area contributed by atoms with Gasteiger partial charge >= 0.3 is 0 Å². The number of hydrogen-bond donors (Lipinski definition) is 2. The first kappa shape index (κ1) is 11.5.